The van der Waals surface area contributed by atoms with Gasteiger partial charge in [0.15, 0.2) is 0 Å². The van der Waals surface area contributed by atoms with Gasteiger partial charge in [0.2, 0.25) is 0 Å². The Morgan fingerprint density at radius 1 is 1.20 bits per heavy atom. The van der Waals surface area contributed by atoms with Crippen molar-refractivity contribution in [1.29, 1.82) is 0 Å². The molecule has 1 aromatic heterocycles. The fraction of sp³-hybridized carbons (Fsp3) is 0.667. The first-order valence-corrected chi connectivity index (χ1v) is 6.29. The van der Waals surface area contributed by atoms with Gasteiger partial charge >= 0.3 is 7.12 Å². The molecular formula is C15H23BN2O2. The average Bonchev–Trinajstić information content (AvgIpc) is 2.81. The van der Waals surface area contributed by atoms with Crippen LogP contribution in [0.2, 0.25) is 0 Å². The van der Waals surface area contributed by atoms with Crippen molar-refractivity contribution in [3.8, 4) is 0 Å². The first kappa shape index (κ1) is 5.97. The van der Waals surface area contributed by atoms with Gasteiger partial charge in [0.05, 0.1) is 15.3 Å². The summed E-state index contributed by atoms with van der Waals surface area (Å²) in [6.07, 6.45) is -7.30. The van der Waals surface area contributed by atoms with Gasteiger partial charge in [0.1, 0.15) is 5.82 Å². The fourth-order valence-electron chi connectivity index (χ4n) is 1.77. The predicted molar refractivity (Wildman–Crippen MR) is 81.4 cm³/mol. The summed E-state index contributed by atoms with van der Waals surface area (Å²) in [6, 6.07) is -1.44. The molecule has 0 amide bonds. The van der Waals surface area contributed by atoms with Crippen LogP contribution < -0.4 is 10.4 Å². The van der Waals surface area contributed by atoms with Gasteiger partial charge in [-0.3, -0.25) is 0 Å². The van der Waals surface area contributed by atoms with Crippen LogP contribution >= 0.6 is 0 Å². The Morgan fingerprint density at radius 2 is 1.80 bits per heavy atom. The van der Waals surface area contributed by atoms with Crippen molar-refractivity contribution in [3.05, 3.63) is 18.3 Å². The van der Waals surface area contributed by atoms with E-state index in [0.717, 1.165) is 0 Å². The minimum Gasteiger partial charge on any atom is -0.399 e. The molecule has 3 rings (SSSR count). The minimum atomic E-state index is -3.33. The highest BCUT2D eigenvalue weighted by Gasteiger charge is 2.51. The average molecular weight is 285 g/mol. The van der Waals surface area contributed by atoms with Crippen molar-refractivity contribution < 1.29 is 24.4 Å². The maximum atomic E-state index is 8.35. The summed E-state index contributed by atoms with van der Waals surface area (Å²) in [5.74, 6) is -0.851. The van der Waals surface area contributed by atoms with E-state index in [9.17, 15) is 0 Å². The van der Waals surface area contributed by atoms with E-state index < -0.39 is 68.1 Å². The van der Waals surface area contributed by atoms with Crippen LogP contribution in [0.15, 0.2) is 18.3 Å². The molecule has 3 heterocycles. The molecule has 0 atom stereocenters. The number of anilines is 1. The number of hydrogen-bond acceptors (Lipinski definition) is 4. The SMILES string of the molecule is [2H]c1nc(N2C([2H])([2H])C([2H])([2H])C([2H])([2H])C2([2H])[2H])c([2H])c([2H])c1B1OC(C)(C)C(C)(C)O1. The summed E-state index contributed by atoms with van der Waals surface area (Å²) in [5.41, 5.74) is -1.83. The van der Waals surface area contributed by atoms with Crippen molar-refractivity contribution >= 4 is 18.4 Å². The van der Waals surface area contributed by atoms with Gasteiger partial charge in [-0.25, -0.2) is 4.98 Å². The molecule has 0 bridgehead atoms. The van der Waals surface area contributed by atoms with Gasteiger partial charge in [-0.05, 0) is 46.5 Å². The Kier molecular flexibility index (Phi) is 1.42. The van der Waals surface area contributed by atoms with Crippen LogP contribution in [0, 0.1) is 0 Å². The van der Waals surface area contributed by atoms with Crippen molar-refractivity contribution in [3.63, 3.8) is 0 Å². The smallest absolute Gasteiger partial charge is 0.399 e. The number of aromatic nitrogens is 1. The topological polar surface area (TPSA) is 34.6 Å². The van der Waals surface area contributed by atoms with E-state index in [0.29, 0.717) is 0 Å². The zero-order chi connectivity index (χ0) is 24.2. The monoisotopic (exact) mass is 285 g/mol. The highest BCUT2D eigenvalue weighted by molar-refractivity contribution is 6.62. The van der Waals surface area contributed by atoms with Crippen LogP contribution in [-0.4, -0.2) is 36.3 Å². The van der Waals surface area contributed by atoms with E-state index >= 15 is 0 Å². The Morgan fingerprint density at radius 3 is 2.40 bits per heavy atom. The lowest BCUT2D eigenvalue weighted by molar-refractivity contribution is 0.00578. The Balaban J connectivity index is 2.19. The number of pyridine rings is 1. The summed E-state index contributed by atoms with van der Waals surface area (Å²) in [5, 5.41) is 0. The molecular weight excluding hydrogens is 251 g/mol. The Bertz CT molecular complexity index is 896. The lowest BCUT2D eigenvalue weighted by atomic mass is 9.80. The van der Waals surface area contributed by atoms with E-state index in [4.69, 9.17) is 24.4 Å². The van der Waals surface area contributed by atoms with E-state index in [1.165, 1.54) is 0 Å². The summed E-state index contributed by atoms with van der Waals surface area (Å²) in [7, 11) is -1.22. The Labute approximate surface area is 137 Å². The van der Waals surface area contributed by atoms with Gasteiger partial charge in [-0.2, -0.15) is 0 Å². The molecule has 5 heteroatoms. The van der Waals surface area contributed by atoms with Crippen molar-refractivity contribution in [2.45, 2.75) is 51.6 Å². The third-order valence-corrected chi connectivity index (χ3v) is 3.69. The normalized spacial score (nSPS) is 42.5. The number of hydrogen-bond donors (Lipinski definition) is 0. The first-order valence-electron chi connectivity index (χ1n) is 11.8. The predicted octanol–water partition coefficient (Wildman–Crippen LogP) is 1.98. The summed E-state index contributed by atoms with van der Waals surface area (Å²) >= 11 is 0. The molecule has 0 saturated carbocycles. The molecule has 4 nitrogen and oxygen atoms in total. The number of nitrogens with zero attached hydrogens (tertiary/aromatic N) is 2. The van der Waals surface area contributed by atoms with Crippen LogP contribution in [0.1, 0.15) is 55.5 Å². The second-order valence-electron chi connectivity index (χ2n) is 5.61. The molecule has 2 fully saturated rings. The third-order valence-electron chi connectivity index (χ3n) is 3.69. The van der Waals surface area contributed by atoms with E-state index in [-0.39, 0.29) is 10.4 Å². The molecule has 0 aliphatic carbocycles. The molecule has 108 valence electrons. The molecule has 0 N–H and O–H groups in total. The maximum Gasteiger partial charge on any atom is 0.496 e. The van der Waals surface area contributed by atoms with Gasteiger partial charge in [0.25, 0.3) is 0 Å². The molecule has 20 heavy (non-hydrogen) atoms. The second kappa shape index (κ2) is 4.74. The van der Waals surface area contributed by atoms with E-state index in [2.05, 4.69) is 4.98 Å². The van der Waals surface area contributed by atoms with Crippen LogP contribution in [-0.2, 0) is 9.31 Å². The molecule has 2 saturated heterocycles. The molecule has 0 spiro atoms. The van der Waals surface area contributed by atoms with Gasteiger partial charge in [-0.15, -0.1) is 0 Å². The summed E-state index contributed by atoms with van der Waals surface area (Å²) in [6.45, 7) is 0.464. The molecule has 0 unspecified atom stereocenters. The molecule has 0 radical (unpaired) electrons. The third kappa shape index (κ3) is 2.33. The van der Waals surface area contributed by atoms with E-state index in [1.54, 1.807) is 27.7 Å². The fourth-order valence-corrected chi connectivity index (χ4v) is 1.77. The lowest BCUT2D eigenvalue weighted by Gasteiger charge is -2.32. The van der Waals surface area contributed by atoms with Crippen LogP contribution in [0.25, 0.3) is 0 Å². The lowest BCUT2D eigenvalue weighted by Crippen LogP contribution is -2.41. The van der Waals surface area contributed by atoms with Crippen LogP contribution in [0.5, 0.6) is 0 Å². The zero-order valence-corrected chi connectivity index (χ0v) is 11.8. The molecule has 2 aliphatic heterocycles. The standard InChI is InChI=1S/C15H23BN2O2/c1-14(2)15(3,4)20-16(19-14)12-7-8-13(17-11-12)18-9-5-6-10-18/h7-8,11H,5-6,9-10H2,1-4H3/i5D2,6D2,7D,8D,9D2,10D2,11D. The molecule has 2 aliphatic rings. The Hall–Kier alpha value is -1.07. The molecule has 0 aromatic carbocycles. The highest BCUT2D eigenvalue weighted by atomic mass is 16.7. The quantitative estimate of drug-likeness (QED) is 0.778. The summed E-state index contributed by atoms with van der Waals surface area (Å²) < 4.78 is 100. The van der Waals surface area contributed by atoms with Gasteiger partial charge < -0.3 is 14.2 Å². The summed E-state index contributed by atoms with van der Waals surface area (Å²) in [4.78, 5) is 3.87. The van der Waals surface area contributed by atoms with Gasteiger partial charge in [0, 0.05) is 35.6 Å². The maximum absolute atomic E-state index is 8.35. The second-order valence-corrected chi connectivity index (χ2v) is 5.61. The first-order chi connectivity index (χ1) is 13.6. The van der Waals surface area contributed by atoms with E-state index in [1.807, 2.05) is 0 Å². The van der Waals surface area contributed by atoms with Crippen LogP contribution in [0.3, 0.4) is 0 Å². The molecule has 1 aromatic rings. The minimum absolute atomic E-state index is 0.0758. The highest BCUT2D eigenvalue weighted by Crippen LogP contribution is 2.36. The largest absolute Gasteiger partial charge is 0.496 e. The zero-order valence-electron chi connectivity index (χ0n) is 22.8. The van der Waals surface area contributed by atoms with Crippen LogP contribution in [0.4, 0.5) is 5.82 Å². The van der Waals surface area contributed by atoms with Crippen molar-refractivity contribution in [2.75, 3.05) is 17.9 Å². The van der Waals surface area contributed by atoms with Gasteiger partial charge in [-0.1, -0.05) is 6.04 Å². The van der Waals surface area contributed by atoms with Crippen molar-refractivity contribution in [1.82, 2.24) is 4.98 Å². The number of rotatable bonds is 2. The van der Waals surface area contributed by atoms with Crippen molar-refractivity contribution in [2.24, 2.45) is 0 Å².